The van der Waals surface area contributed by atoms with Crippen molar-refractivity contribution < 1.29 is 19.1 Å². The Morgan fingerprint density at radius 2 is 2.14 bits per heavy atom. The highest BCUT2D eigenvalue weighted by atomic mass is 16.6. The highest BCUT2D eigenvalue weighted by molar-refractivity contribution is 6.08. The average Bonchev–Trinajstić information content (AvgIpc) is 2.48. The van der Waals surface area contributed by atoms with Crippen LogP contribution in [-0.4, -0.2) is 44.3 Å². The minimum Gasteiger partial charge on any atom is -0.462 e. The maximum absolute atomic E-state index is 12.5. The maximum Gasteiger partial charge on any atom is 0.329 e. The summed E-state index contributed by atoms with van der Waals surface area (Å²) in [6.45, 7) is 5.95. The molecule has 1 aromatic carbocycles. The number of aryl methyl sites for hydroxylation is 1. The third-order valence-corrected chi connectivity index (χ3v) is 3.65. The summed E-state index contributed by atoms with van der Waals surface area (Å²) in [7, 11) is 1.54. The Labute approximate surface area is 130 Å². The number of amides is 1. The van der Waals surface area contributed by atoms with E-state index < -0.39 is 12.0 Å². The second kappa shape index (κ2) is 6.79. The van der Waals surface area contributed by atoms with Crippen molar-refractivity contribution in [2.24, 2.45) is 0 Å². The van der Waals surface area contributed by atoms with E-state index in [-0.39, 0.29) is 18.6 Å². The lowest BCUT2D eigenvalue weighted by Crippen LogP contribution is -2.52. The van der Waals surface area contributed by atoms with Crippen LogP contribution < -0.4 is 10.2 Å². The van der Waals surface area contributed by atoms with Crippen molar-refractivity contribution >= 4 is 23.3 Å². The van der Waals surface area contributed by atoms with Crippen LogP contribution in [0.15, 0.2) is 18.2 Å². The van der Waals surface area contributed by atoms with E-state index in [9.17, 15) is 9.59 Å². The van der Waals surface area contributed by atoms with Gasteiger partial charge in [0.2, 0.25) is 5.91 Å². The normalized spacial score (nSPS) is 18.5. The van der Waals surface area contributed by atoms with Gasteiger partial charge in [-0.3, -0.25) is 9.69 Å². The zero-order valence-electron chi connectivity index (χ0n) is 13.4. The number of benzene rings is 1. The molecule has 1 heterocycles. The van der Waals surface area contributed by atoms with Crippen molar-refractivity contribution in [1.82, 2.24) is 0 Å². The van der Waals surface area contributed by atoms with Crippen molar-refractivity contribution in [3.05, 3.63) is 23.8 Å². The van der Waals surface area contributed by atoms with Crippen molar-refractivity contribution in [3.63, 3.8) is 0 Å². The number of hydrogen-bond donors (Lipinski definition) is 1. The summed E-state index contributed by atoms with van der Waals surface area (Å²) >= 11 is 0. The van der Waals surface area contributed by atoms with E-state index in [2.05, 4.69) is 5.32 Å². The number of carbonyl (C=O) groups excluding carboxylic acids is 2. The molecule has 0 aliphatic carbocycles. The number of anilines is 2. The molecule has 22 heavy (non-hydrogen) atoms. The third kappa shape index (κ3) is 3.22. The summed E-state index contributed by atoms with van der Waals surface area (Å²) in [6, 6.07) is 4.66. The number of nitrogens with zero attached hydrogens (tertiary/aromatic N) is 1. The number of nitrogens with one attached hydrogen (secondary N) is 1. The topological polar surface area (TPSA) is 67.9 Å². The molecule has 0 saturated carbocycles. The monoisotopic (exact) mass is 306 g/mol. The summed E-state index contributed by atoms with van der Waals surface area (Å²) in [5.74, 6) is -0.585. The van der Waals surface area contributed by atoms with Crippen molar-refractivity contribution in [2.45, 2.75) is 32.9 Å². The molecule has 0 saturated heterocycles. The third-order valence-electron chi connectivity index (χ3n) is 3.65. The van der Waals surface area contributed by atoms with E-state index in [1.54, 1.807) is 13.8 Å². The summed E-state index contributed by atoms with van der Waals surface area (Å²) < 4.78 is 10.00. The molecule has 0 aromatic heterocycles. The standard InChI is InChI=1S/C16H22N2O4/c1-10-5-6-14-13(9-10)17-11(2)15(19)18(14)12(3)16(20)22-8-7-21-4/h5-6,9,11-12,17H,7-8H2,1-4H3. The van der Waals surface area contributed by atoms with E-state index in [1.165, 1.54) is 12.0 Å². The molecule has 1 aliphatic heterocycles. The molecular formula is C16H22N2O4. The van der Waals surface area contributed by atoms with Gasteiger partial charge in [-0.2, -0.15) is 0 Å². The van der Waals surface area contributed by atoms with E-state index in [1.807, 2.05) is 25.1 Å². The number of hydrogen-bond acceptors (Lipinski definition) is 5. The van der Waals surface area contributed by atoms with E-state index in [0.29, 0.717) is 12.3 Å². The second-order valence-electron chi connectivity index (χ2n) is 5.43. The minimum atomic E-state index is -0.685. The van der Waals surface area contributed by atoms with Gasteiger partial charge in [-0.15, -0.1) is 0 Å². The van der Waals surface area contributed by atoms with Gasteiger partial charge in [0, 0.05) is 7.11 Å². The number of rotatable bonds is 5. The van der Waals surface area contributed by atoms with Crippen LogP contribution in [0.5, 0.6) is 0 Å². The maximum atomic E-state index is 12.5. The quantitative estimate of drug-likeness (QED) is 0.663. The fourth-order valence-corrected chi connectivity index (χ4v) is 2.45. The summed E-state index contributed by atoms with van der Waals surface area (Å²) in [5.41, 5.74) is 2.64. The van der Waals surface area contributed by atoms with Crippen LogP contribution in [0.25, 0.3) is 0 Å². The van der Waals surface area contributed by atoms with E-state index >= 15 is 0 Å². The Bertz CT molecular complexity index is 573. The van der Waals surface area contributed by atoms with Crippen LogP contribution in [0, 0.1) is 6.92 Å². The second-order valence-corrected chi connectivity index (χ2v) is 5.43. The molecule has 6 heteroatoms. The van der Waals surface area contributed by atoms with E-state index in [4.69, 9.17) is 9.47 Å². The van der Waals surface area contributed by atoms with Gasteiger partial charge in [-0.1, -0.05) is 6.07 Å². The Morgan fingerprint density at radius 1 is 1.41 bits per heavy atom. The van der Waals surface area contributed by atoms with E-state index in [0.717, 1.165) is 11.3 Å². The first-order valence-electron chi connectivity index (χ1n) is 7.31. The lowest BCUT2D eigenvalue weighted by molar-refractivity contribution is -0.147. The van der Waals surface area contributed by atoms with Gasteiger partial charge in [-0.05, 0) is 38.5 Å². The number of carbonyl (C=O) groups is 2. The van der Waals surface area contributed by atoms with Crippen LogP contribution in [0.2, 0.25) is 0 Å². The van der Waals surface area contributed by atoms with Crippen LogP contribution >= 0.6 is 0 Å². The molecule has 0 fully saturated rings. The Balaban J connectivity index is 2.25. The molecule has 1 N–H and O–H groups in total. The predicted octanol–water partition coefficient (Wildman–Crippen LogP) is 1.72. The molecule has 2 rings (SSSR count). The molecule has 0 radical (unpaired) electrons. The van der Waals surface area contributed by atoms with Crippen LogP contribution in [0.3, 0.4) is 0 Å². The highest BCUT2D eigenvalue weighted by Crippen LogP contribution is 2.33. The molecule has 2 atom stereocenters. The lowest BCUT2D eigenvalue weighted by Gasteiger charge is -2.36. The fraction of sp³-hybridized carbons (Fsp3) is 0.500. The lowest BCUT2D eigenvalue weighted by atomic mass is 10.1. The predicted molar refractivity (Wildman–Crippen MR) is 84.0 cm³/mol. The average molecular weight is 306 g/mol. The zero-order valence-corrected chi connectivity index (χ0v) is 13.4. The van der Waals surface area contributed by atoms with Crippen LogP contribution in [0.4, 0.5) is 11.4 Å². The van der Waals surface area contributed by atoms with Gasteiger partial charge in [0.25, 0.3) is 0 Å². The van der Waals surface area contributed by atoms with Gasteiger partial charge in [0.05, 0.1) is 18.0 Å². The van der Waals surface area contributed by atoms with Crippen LogP contribution in [-0.2, 0) is 19.1 Å². The van der Waals surface area contributed by atoms with Gasteiger partial charge in [0.15, 0.2) is 0 Å². The molecular weight excluding hydrogens is 284 g/mol. The highest BCUT2D eigenvalue weighted by Gasteiger charge is 2.36. The molecule has 120 valence electrons. The number of methoxy groups -OCH3 is 1. The number of ether oxygens (including phenoxy) is 2. The first-order valence-corrected chi connectivity index (χ1v) is 7.31. The first kappa shape index (κ1) is 16.3. The molecule has 1 amide bonds. The Hall–Kier alpha value is -2.08. The van der Waals surface area contributed by atoms with Crippen molar-refractivity contribution in [3.8, 4) is 0 Å². The molecule has 1 aliphatic rings. The zero-order chi connectivity index (χ0) is 16.3. The minimum absolute atomic E-state index is 0.146. The molecule has 6 nitrogen and oxygen atoms in total. The smallest absolute Gasteiger partial charge is 0.329 e. The molecule has 0 bridgehead atoms. The molecule has 2 unspecified atom stereocenters. The number of fused-ring (bicyclic) bond motifs is 1. The van der Waals surface area contributed by atoms with Gasteiger partial charge < -0.3 is 14.8 Å². The fourth-order valence-electron chi connectivity index (χ4n) is 2.45. The summed E-state index contributed by atoms with van der Waals surface area (Å²) in [5, 5.41) is 3.16. The summed E-state index contributed by atoms with van der Waals surface area (Å²) in [6.07, 6.45) is 0. The van der Waals surface area contributed by atoms with Crippen molar-refractivity contribution in [2.75, 3.05) is 30.5 Å². The summed E-state index contributed by atoms with van der Waals surface area (Å²) in [4.78, 5) is 26.1. The van der Waals surface area contributed by atoms with Gasteiger partial charge in [0.1, 0.15) is 18.7 Å². The number of esters is 1. The van der Waals surface area contributed by atoms with Gasteiger partial charge in [-0.25, -0.2) is 4.79 Å². The Kier molecular flexibility index (Phi) is 5.03. The van der Waals surface area contributed by atoms with Crippen LogP contribution in [0.1, 0.15) is 19.4 Å². The largest absolute Gasteiger partial charge is 0.462 e. The SMILES string of the molecule is COCCOC(=O)C(C)N1C(=O)C(C)Nc2cc(C)ccc21. The molecule has 0 spiro atoms. The van der Waals surface area contributed by atoms with Gasteiger partial charge >= 0.3 is 5.97 Å². The molecule has 1 aromatic rings. The van der Waals surface area contributed by atoms with Crippen molar-refractivity contribution in [1.29, 1.82) is 0 Å². The first-order chi connectivity index (χ1) is 10.5. The Morgan fingerprint density at radius 3 is 2.82 bits per heavy atom.